The van der Waals surface area contributed by atoms with Crippen LogP contribution >= 0.6 is 11.6 Å². The number of hydrogen-bond acceptors (Lipinski definition) is 4. The van der Waals surface area contributed by atoms with Crippen LogP contribution in [0, 0.1) is 23.2 Å². The molecule has 1 amide bonds. The molecule has 4 atom stereocenters. The minimum atomic E-state index is -0.946. The van der Waals surface area contributed by atoms with Crippen molar-refractivity contribution < 1.29 is 9.90 Å². The van der Waals surface area contributed by atoms with E-state index in [1.165, 1.54) is 0 Å². The van der Waals surface area contributed by atoms with Crippen molar-refractivity contribution in [3.63, 3.8) is 0 Å². The van der Waals surface area contributed by atoms with Gasteiger partial charge in [-0.25, -0.2) is 0 Å². The van der Waals surface area contributed by atoms with Gasteiger partial charge in [0.25, 0.3) is 0 Å². The summed E-state index contributed by atoms with van der Waals surface area (Å²) in [6, 6.07) is 5.51. The first-order valence-corrected chi connectivity index (χ1v) is 7.91. The van der Waals surface area contributed by atoms with Crippen LogP contribution in [0.1, 0.15) is 24.8 Å². The number of carbonyl (C=O) groups excluding carboxylic acids is 1. The van der Waals surface area contributed by atoms with Crippen molar-refractivity contribution in [2.24, 2.45) is 11.8 Å². The average Bonchev–Trinajstić information content (AvgIpc) is 2.90. The number of rotatable bonds is 3. The zero-order valence-electron chi connectivity index (χ0n) is 12.2. The van der Waals surface area contributed by atoms with E-state index in [1.807, 2.05) is 6.07 Å². The maximum Gasteiger partial charge on any atom is 0.234 e. The van der Waals surface area contributed by atoms with Crippen molar-refractivity contribution in [3.05, 3.63) is 28.9 Å². The summed E-state index contributed by atoms with van der Waals surface area (Å²) in [7, 11) is 0. The van der Waals surface area contributed by atoms with Crippen molar-refractivity contribution >= 4 is 28.4 Å². The highest BCUT2D eigenvalue weighted by atomic mass is 35.5. The first kappa shape index (κ1) is 14.5. The molecule has 6 nitrogen and oxygen atoms in total. The molecular weight excluding hydrogens is 316 g/mol. The average molecular weight is 331 g/mol. The summed E-state index contributed by atoms with van der Waals surface area (Å²) in [5.41, 5.74) is 0.655. The van der Waals surface area contributed by atoms with Gasteiger partial charge in [0.2, 0.25) is 5.91 Å². The zero-order chi connectivity index (χ0) is 16.2. The molecule has 2 aliphatic carbocycles. The maximum absolute atomic E-state index is 11.5. The zero-order valence-corrected chi connectivity index (χ0v) is 13.0. The second-order valence-corrected chi connectivity index (χ2v) is 6.92. The molecule has 7 heteroatoms. The van der Waals surface area contributed by atoms with Gasteiger partial charge >= 0.3 is 0 Å². The number of nitriles is 1. The Hall–Kier alpha value is -2.10. The number of amides is 1. The third-order valence-electron chi connectivity index (χ3n) is 5.07. The highest BCUT2D eigenvalue weighted by molar-refractivity contribution is 6.31. The Morgan fingerprint density at radius 2 is 2.26 bits per heavy atom. The lowest BCUT2D eigenvalue weighted by molar-refractivity contribution is -0.120. The molecule has 118 valence electrons. The smallest absolute Gasteiger partial charge is 0.234 e. The van der Waals surface area contributed by atoms with E-state index in [1.54, 1.807) is 18.3 Å². The molecule has 1 aromatic heterocycles. The molecular formula is C16H15ClN4O2. The van der Waals surface area contributed by atoms with Crippen molar-refractivity contribution in [1.82, 2.24) is 15.5 Å². The predicted molar refractivity (Wildman–Crippen MR) is 83.4 cm³/mol. The standard InChI is InChI=1S/C16H15ClN4O2/c17-8-3-12(11-7-19-21-13(11)4-8)16(23)5-9-10(6-16)15(9)20-14(22)1-2-18/h3-4,7,9-10,15,23H,1,5-6H2,(H,19,21)(H,20,22)/t9-,10+,15+,16+. The Morgan fingerprint density at radius 3 is 2.96 bits per heavy atom. The van der Waals surface area contributed by atoms with Crippen LogP contribution < -0.4 is 5.32 Å². The Bertz CT molecular complexity index is 828. The first-order chi connectivity index (χ1) is 11.0. The van der Waals surface area contributed by atoms with E-state index in [4.69, 9.17) is 16.9 Å². The van der Waals surface area contributed by atoms with Gasteiger partial charge < -0.3 is 10.4 Å². The number of nitrogens with one attached hydrogen (secondary N) is 2. The molecule has 0 unspecified atom stereocenters. The highest BCUT2D eigenvalue weighted by Crippen LogP contribution is 2.60. The number of nitrogens with zero attached hydrogens (tertiary/aromatic N) is 2. The maximum atomic E-state index is 11.5. The molecule has 0 radical (unpaired) electrons. The molecule has 2 fully saturated rings. The Labute approximate surface area is 137 Å². The Balaban J connectivity index is 1.55. The molecule has 0 aliphatic heterocycles. The van der Waals surface area contributed by atoms with Crippen molar-refractivity contribution in [3.8, 4) is 6.07 Å². The second-order valence-electron chi connectivity index (χ2n) is 6.48. The molecule has 3 N–H and O–H groups in total. The van der Waals surface area contributed by atoms with E-state index >= 15 is 0 Å². The van der Waals surface area contributed by atoms with Crippen LogP contribution in [0.25, 0.3) is 10.9 Å². The molecule has 2 aliphatic rings. The van der Waals surface area contributed by atoms with Gasteiger partial charge in [0.15, 0.2) is 0 Å². The van der Waals surface area contributed by atoms with Crippen molar-refractivity contribution in [2.75, 3.05) is 0 Å². The molecule has 0 spiro atoms. The summed E-state index contributed by atoms with van der Waals surface area (Å²) >= 11 is 6.15. The number of hydrogen-bond donors (Lipinski definition) is 3. The van der Waals surface area contributed by atoms with Gasteiger partial charge in [-0.05, 0) is 42.4 Å². The monoisotopic (exact) mass is 330 g/mol. The third kappa shape index (κ3) is 2.28. The van der Waals surface area contributed by atoms with E-state index < -0.39 is 5.60 Å². The first-order valence-electron chi connectivity index (χ1n) is 7.53. The van der Waals surface area contributed by atoms with Gasteiger partial charge in [-0.3, -0.25) is 9.89 Å². The minimum absolute atomic E-state index is 0.0788. The van der Waals surface area contributed by atoms with Crippen LogP contribution in [-0.2, 0) is 10.4 Å². The summed E-state index contributed by atoms with van der Waals surface area (Å²) in [6.45, 7) is 0. The number of aliphatic hydroxyl groups is 1. The minimum Gasteiger partial charge on any atom is -0.385 e. The van der Waals surface area contributed by atoms with E-state index in [0.717, 1.165) is 16.5 Å². The fourth-order valence-corrected chi connectivity index (χ4v) is 4.23. The van der Waals surface area contributed by atoms with Gasteiger partial charge in [-0.1, -0.05) is 11.6 Å². The predicted octanol–water partition coefficient (Wildman–Crippen LogP) is 1.84. The van der Waals surface area contributed by atoms with Gasteiger partial charge in [0, 0.05) is 16.5 Å². The Kier molecular flexibility index (Phi) is 3.12. The fraction of sp³-hybridized carbons (Fsp3) is 0.438. The molecule has 1 aromatic carbocycles. The number of halogens is 1. The van der Waals surface area contributed by atoms with E-state index in [9.17, 15) is 9.90 Å². The van der Waals surface area contributed by atoms with Crippen LogP contribution in [0.15, 0.2) is 18.3 Å². The molecule has 1 heterocycles. The van der Waals surface area contributed by atoms with Gasteiger partial charge in [-0.15, -0.1) is 0 Å². The van der Waals surface area contributed by atoms with Crippen LogP contribution in [0.4, 0.5) is 0 Å². The molecule has 0 bridgehead atoms. The van der Waals surface area contributed by atoms with E-state index in [2.05, 4.69) is 15.5 Å². The van der Waals surface area contributed by atoms with Crippen molar-refractivity contribution in [2.45, 2.75) is 30.9 Å². The lowest BCUT2D eigenvalue weighted by Gasteiger charge is -2.27. The molecule has 0 saturated heterocycles. The SMILES string of the molecule is N#CCC(=O)N[C@H]1[C@@H]2C[C@@](O)(c3cc(Cl)cc4[nH]ncc34)C[C@@H]21. The summed E-state index contributed by atoms with van der Waals surface area (Å²) in [4.78, 5) is 11.5. The van der Waals surface area contributed by atoms with E-state index in [0.29, 0.717) is 17.9 Å². The quantitative estimate of drug-likeness (QED) is 0.799. The summed E-state index contributed by atoms with van der Waals surface area (Å²) in [5.74, 6) is 0.266. The van der Waals surface area contributed by atoms with Crippen molar-refractivity contribution in [1.29, 1.82) is 5.26 Å². The van der Waals surface area contributed by atoms with Gasteiger partial charge in [0.1, 0.15) is 6.42 Å². The van der Waals surface area contributed by atoms with Gasteiger partial charge in [0.05, 0.1) is 23.4 Å². The third-order valence-corrected chi connectivity index (χ3v) is 5.29. The lowest BCUT2D eigenvalue weighted by Crippen LogP contribution is -2.33. The number of benzene rings is 1. The lowest BCUT2D eigenvalue weighted by atomic mass is 9.86. The summed E-state index contributed by atoms with van der Waals surface area (Å²) in [5, 5.41) is 30.9. The van der Waals surface area contributed by atoms with Crippen LogP contribution in [0.5, 0.6) is 0 Å². The van der Waals surface area contributed by atoms with Crippen LogP contribution in [0.2, 0.25) is 5.02 Å². The highest BCUT2D eigenvalue weighted by Gasteiger charge is 2.62. The normalized spacial score (nSPS) is 31.6. The largest absolute Gasteiger partial charge is 0.385 e. The molecule has 23 heavy (non-hydrogen) atoms. The number of H-pyrrole nitrogens is 1. The number of aromatic nitrogens is 2. The van der Waals surface area contributed by atoms with Crippen LogP contribution in [0.3, 0.4) is 0 Å². The summed E-state index contributed by atoms with van der Waals surface area (Å²) < 4.78 is 0. The fourth-order valence-electron chi connectivity index (χ4n) is 4.01. The topological polar surface area (TPSA) is 102 Å². The molecule has 2 aromatic rings. The molecule has 2 saturated carbocycles. The number of aromatic amines is 1. The number of fused-ring (bicyclic) bond motifs is 2. The number of carbonyl (C=O) groups is 1. The van der Waals surface area contributed by atoms with Crippen LogP contribution in [-0.4, -0.2) is 27.3 Å². The van der Waals surface area contributed by atoms with E-state index in [-0.39, 0.29) is 30.2 Å². The second kappa shape index (κ2) is 4.95. The van der Waals surface area contributed by atoms with Gasteiger partial charge in [-0.2, -0.15) is 10.4 Å². The summed E-state index contributed by atoms with van der Waals surface area (Å²) in [6.07, 6.45) is 2.74. The molecule has 4 rings (SSSR count). The Morgan fingerprint density at radius 1 is 1.52 bits per heavy atom.